The first-order valence-electron chi connectivity index (χ1n) is 9.00. The highest BCUT2D eigenvalue weighted by Gasteiger charge is 2.25. The molecule has 2 N–H and O–H groups in total. The summed E-state index contributed by atoms with van der Waals surface area (Å²) >= 11 is 0. The molecule has 1 saturated carbocycles. The number of carbonyl (C=O) groups is 1. The van der Waals surface area contributed by atoms with Gasteiger partial charge >= 0.3 is 0 Å². The maximum Gasteiger partial charge on any atom is 0.289 e. The first-order valence-corrected chi connectivity index (χ1v) is 9.00. The van der Waals surface area contributed by atoms with Crippen LogP contribution in [0.25, 0.3) is 5.52 Å². The molecule has 7 heteroatoms. The molecule has 1 amide bonds. The van der Waals surface area contributed by atoms with Gasteiger partial charge in [0, 0.05) is 43.6 Å². The number of rotatable bonds is 3. The van der Waals surface area contributed by atoms with Crippen molar-refractivity contribution >= 4 is 11.4 Å². The zero-order chi connectivity index (χ0) is 17.8. The van der Waals surface area contributed by atoms with Crippen LogP contribution in [0.4, 0.5) is 0 Å². The first kappa shape index (κ1) is 16.7. The van der Waals surface area contributed by atoms with Gasteiger partial charge in [-0.1, -0.05) is 0 Å². The van der Waals surface area contributed by atoms with Crippen molar-refractivity contribution in [1.82, 2.24) is 30.0 Å². The third kappa shape index (κ3) is 4.05. The van der Waals surface area contributed by atoms with Gasteiger partial charge in [0.05, 0.1) is 11.7 Å². The first-order chi connectivity index (χ1) is 12.8. The smallest absolute Gasteiger partial charge is 0.289 e. The fourth-order valence-electron chi connectivity index (χ4n) is 2.99. The summed E-state index contributed by atoms with van der Waals surface area (Å²) in [5, 5.41) is 6.14. The molecule has 3 aromatic rings. The molecule has 26 heavy (non-hydrogen) atoms. The zero-order valence-corrected chi connectivity index (χ0v) is 14.5. The quantitative estimate of drug-likeness (QED) is 0.752. The molecule has 0 aromatic carbocycles. The van der Waals surface area contributed by atoms with E-state index in [1.165, 1.54) is 12.8 Å². The van der Waals surface area contributed by atoms with Gasteiger partial charge in [-0.25, -0.2) is 9.97 Å². The highest BCUT2D eigenvalue weighted by Crippen LogP contribution is 2.39. The Balaban J connectivity index is 0.000000157. The molecular formula is C19H22N6O. The molecule has 3 aromatic heterocycles. The minimum absolute atomic E-state index is 0.166. The van der Waals surface area contributed by atoms with Gasteiger partial charge in [-0.2, -0.15) is 0 Å². The molecule has 1 saturated heterocycles. The van der Waals surface area contributed by atoms with Crippen molar-refractivity contribution in [2.45, 2.75) is 31.2 Å². The Morgan fingerprint density at radius 3 is 2.69 bits per heavy atom. The standard InChI is InChI=1S/C12H16N4O.C7H6N2/c17-12(16-10-3-4-13-7-10)11-14-5-9(6-15-11)8-1-2-8;1-2-7-6-8-3-5-9(7)4-1/h5-6,8,10,13H,1-4,7H2,(H,16,17);1-6H/t10-;/m0./s1. The number of aromatic nitrogens is 4. The normalized spacial score (nSPS) is 19.0. The summed E-state index contributed by atoms with van der Waals surface area (Å²) in [5.74, 6) is 0.744. The molecule has 1 aliphatic carbocycles. The predicted molar refractivity (Wildman–Crippen MR) is 97.9 cm³/mol. The summed E-state index contributed by atoms with van der Waals surface area (Å²) in [4.78, 5) is 24.1. The summed E-state index contributed by atoms with van der Waals surface area (Å²) in [6.45, 7) is 1.80. The van der Waals surface area contributed by atoms with Crippen LogP contribution in [0.1, 0.15) is 41.4 Å². The molecule has 0 bridgehead atoms. The predicted octanol–water partition coefficient (Wildman–Crippen LogP) is 1.78. The summed E-state index contributed by atoms with van der Waals surface area (Å²) in [6.07, 6.45) is 14.5. The fraction of sp³-hybridized carbons (Fsp3) is 0.368. The van der Waals surface area contributed by atoms with Gasteiger partial charge < -0.3 is 15.0 Å². The van der Waals surface area contributed by atoms with E-state index in [1.54, 1.807) is 18.6 Å². The third-order valence-electron chi connectivity index (χ3n) is 4.65. The number of amides is 1. The van der Waals surface area contributed by atoms with Crippen LogP contribution in [0, 0.1) is 0 Å². The highest BCUT2D eigenvalue weighted by atomic mass is 16.2. The SMILES string of the molecule is O=C(N[C@H]1CCNC1)c1ncc(C2CC2)cn1.c1cc2cnccn2c1. The molecule has 1 aliphatic heterocycles. The van der Waals surface area contributed by atoms with Gasteiger partial charge in [-0.3, -0.25) is 9.78 Å². The molecule has 4 heterocycles. The van der Waals surface area contributed by atoms with Crippen molar-refractivity contribution in [3.05, 3.63) is 60.7 Å². The van der Waals surface area contributed by atoms with Crippen LogP contribution in [0.15, 0.2) is 49.3 Å². The summed E-state index contributed by atoms with van der Waals surface area (Å²) in [5.41, 5.74) is 2.29. The maximum absolute atomic E-state index is 11.8. The Hall–Kier alpha value is -2.80. The van der Waals surface area contributed by atoms with Crippen LogP contribution in [-0.4, -0.2) is 44.4 Å². The number of hydrogen-bond acceptors (Lipinski definition) is 5. The highest BCUT2D eigenvalue weighted by molar-refractivity contribution is 5.90. The molecule has 7 nitrogen and oxygen atoms in total. The molecule has 5 rings (SSSR count). The summed E-state index contributed by atoms with van der Waals surface area (Å²) in [7, 11) is 0. The van der Waals surface area contributed by atoms with Crippen LogP contribution in [0.2, 0.25) is 0 Å². The van der Waals surface area contributed by atoms with Crippen molar-refractivity contribution in [2.24, 2.45) is 0 Å². The lowest BCUT2D eigenvalue weighted by molar-refractivity contribution is 0.0929. The molecule has 0 radical (unpaired) electrons. The Morgan fingerprint density at radius 1 is 1.15 bits per heavy atom. The third-order valence-corrected chi connectivity index (χ3v) is 4.65. The molecule has 134 valence electrons. The van der Waals surface area contributed by atoms with Gasteiger partial charge in [0.1, 0.15) is 0 Å². The lowest BCUT2D eigenvalue weighted by Crippen LogP contribution is -2.37. The second-order valence-corrected chi connectivity index (χ2v) is 6.69. The van der Waals surface area contributed by atoms with Crippen LogP contribution < -0.4 is 10.6 Å². The van der Waals surface area contributed by atoms with E-state index in [2.05, 4.69) is 25.6 Å². The summed E-state index contributed by atoms with van der Waals surface area (Å²) < 4.78 is 2.02. The average molecular weight is 350 g/mol. The number of carbonyl (C=O) groups excluding carboxylic acids is 1. The van der Waals surface area contributed by atoms with E-state index in [1.807, 2.05) is 35.1 Å². The van der Waals surface area contributed by atoms with Crippen molar-refractivity contribution < 1.29 is 4.79 Å². The van der Waals surface area contributed by atoms with Gasteiger partial charge in [0.2, 0.25) is 5.82 Å². The molecule has 2 aliphatic rings. The molecular weight excluding hydrogens is 328 g/mol. The van der Waals surface area contributed by atoms with E-state index in [-0.39, 0.29) is 17.8 Å². The Kier molecular flexibility index (Phi) is 4.88. The zero-order valence-electron chi connectivity index (χ0n) is 14.5. The Bertz CT molecular complexity index is 835. The minimum atomic E-state index is -0.166. The van der Waals surface area contributed by atoms with E-state index in [4.69, 9.17) is 0 Å². The van der Waals surface area contributed by atoms with Gasteiger partial charge in [0.15, 0.2) is 0 Å². The summed E-state index contributed by atoms with van der Waals surface area (Å²) in [6, 6.07) is 4.23. The second-order valence-electron chi connectivity index (χ2n) is 6.69. The Labute approximate surface area is 151 Å². The van der Waals surface area contributed by atoms with Crippen molar-refractivity contribution in [1.29, 1.82) is 0 Å². The number of fused-ring (bicyclic) bond motifs is 1. The second kappa shape index (κ2) is 7.61. The van der Waals surface area contributed by atoms with Gasteiger partial charge in [-0.05, 0) is 49.4 Å². The van der Waals surface area contributed by atoms with Crippen LogP contribution in [0.5, 0.6) is 0 Å². The average Bonchev–Trinajstić information content (AvgIpc) is 3.19. The van der Waals surface area contributed by atoms with Crippen molar-refractivity contribution in [3.8, 4) is 0 Å². The monoisotopic (exact) mass is 350 g/mol. The molecule has 2 fully saturated rings. The number of hydrogen-bond donors (Lipinski definition) is 2. The van der Waals surface area contributed by atoms with E-state index < -0.39 is 0 Å². The van der Waals surface area contributed by atoms with Crippen LogP contribution >= 0.6 is 0 Å². The van der Waals surface area contributed by atoms with E-state index >= 15 is 0 Å². The number of nitrogens with one attached hydrogen (secondary N) is 2. The lowest BCUT2D eigenvalue weighted by Gasteiger charge is -2.10. The molecule has 0 unspecified atom stereocenters. The maximum atomic E-state index is 11.8. The van der Waals surface area contributed by atoms with E-state index in [0.717, 1.165) is 30.6 Å². The van der Waals surface area contributed by atoms with E-state index in [9.17, 15) is 4.79 Å². The molecule has 1 atom stereocenters. The lowest BCUT2D eigenvalue weighted by atomic mass is 10.2. The van der Waals surface area contributed by atoms with E-state index in [0.29, 0.717) is 5.92 Å². The number of nitrogens with zero attached hydrogens (tertiary/aromatic N) is 4. The fourth-order valence-corrected chi connectivity index (χ4v) is 2.99. The molecule has 0 spiro atoms. The van der Waals surface area contributed by atoms with Crippen molar-refractivity contribution in [3.63, 3.8) is 0 Å². The van der Waals surface area contributed by atoms with Crippen molar-refractivity contribution in [2.75, 3.05) is 13.1 Å². The largest absolute Gasteiger partial charge is 0.345 e. The minimum Gasteiger partial charge on any atom is -0.345 e. The van der Waals surface area contributed by atoms with Crippen LogP contribution in [-0.2, 0) is 0 Å². The van der Waals surface area contributed by atoms with Gasteiger partial charge in [-0.15, -0.1) is 0 Å². The topological polar surface area (TPSA) is 84.2 Å². The van der Waals surface area contributed by atoms with Crippen LogP contribution in [0.3, 0.4) is 0 Å². The Morgan fingerprint density at radius 2 is 2.00 bits per heavy atom. The van der Waals surface area contributed by atoms with Gasteiger partial charge in [0.25, 0.3) is 5.91 Å².